The number of carbonyl (C=O) groups is 3. The molecule has 156 valence electrons. The molecule has 0 saturated heterocycles. The van der Waals surface area contributed by atoms with Gasteiger partial charge in [0.25, 0.3) is 0 Å². The molecule has 0 aromatic heterocycles. The summed E-state index contributed by atoms with van der Waals surface area (Å²) in [6, 6.07) is 0. The highest BCUT2D eigenvalue weighted by Gasteiger charge is 2.67. The smallest absolute Gasteiger partial charge is 0.303 e. The Balaban J connectivity index is 1.80. The molecule has 4 heteroatoms. The number of hydrogen-bond donors (Lipinski definition) is 0. The summed E-state index contributed by atoms with van der Waals surface area (Å²) in [7, 11) is 0. The Morgan fingerprint density at radius 1 is 1.14 bits per heavy atom. The van der Waals surface area contributed by atoms with Gasteiger partial charge < -0.3 is 4.74 Å². The molecule has 0 unspecified atom stereocenters. The molecular formula is C25H32O4. The SMILES string of the molecule is C=C1C[C@@]2(C)C(=CC1=O)C(C)=C[C@@H]1[C@@H]2CC[C@@]2(C)[C@H]1CC[C@]2(OC(C)=O)C(C)=O. The standard InChI is InChI=1S/C25H32O4/c1-14-11-18-19(23(5)13-15(2)22(28)12-21(14)23)7-9-24(6)20(18)8-10-25(24,16(3)26)29-17(4)27/h11-12,18-20H,2,7-10,13H2,1,3-6H3/t18-,19+,20+,23-,24+,25+/m1/s1. The van der Waals surface area contributed by atoms with Gasteiger partial charge in [-0.15, -0.1) is 0 Å². The van der Waals surface area contributed by atoms with Crippen molar-refractivity contribution >= 4 is 17.5 Å². The van der Waals surface area contributed by atoms with Crippen molar-refractivity contribution in [1.82, 2.24) is 0 Å². The van der Waals surface area contributed by atoms with Crippen LogP contribution >= 0.6 is 0 Å². The van der Waals surface area contributed by atoms with Crippen LogP contribution in [0.1, 0.15) is 66.7 Å². The maximum atomic E-state index is 12.8. The van der Waals surface area contributed by atoms with Gasteiger partial charge in [0.2, 0.25) is 0 Å². The molecule has 0 aromatic carbocycles. The van der Waals surface area contributed by atoms with E-state index in [1.165, 1.54) is 12.5 Å². The van der Waals surface area contributed by atoms with E-state index < -0.39 is 5.60 Å². The molecule has 0 heterocycles. The molecule has 2 fully saturated rings. The van der Waals surface area contributed by atoms with Gasteiger partial charge in [0.15, 0.2) is 17.2 Å². The van der Waals surface area contributed by atoms with E-state index in [0.717, 1.165) is 24.8 Å². The maximum Gasteiger partial charge on any atom is 0.303 e. The van der Waals surface area contributed by atoms with Crippen molar-refractivity contribution in [3.63, 3.8) is 0 Å². The van der Waals surface area contributed by atoms with Crippen molar-refractivity contribution < 1.29 is 19.1 Å². The van der Waals surface area contributed by atoms with Crippen molar-refractivity contribution in [3.8, 4) is 0 Å². The fraction of sp³-hybridized carbons (Fsp3) is 0.640. The molecule has 4 aliphatic carbocycles. The Labute approximate surface area is 173 Å². The number of Topliss-reactive ketones (excluding diaryl/α,β-unsaturated/α-hetero) is 1. The number of allylic oxidation sites excluding steroid dienone is 5. The number of ether oxygens (including phenoxy) is 1. The van der Waals surface area contributed by atoms with Gasteiger partial charge in [-0.25, -0.2) is 0 Å². The fourth-order valence-electron chi connectivity index (χ4n) is 7.53. The van der Waals surface area contributed by atoms with Gasteiger partial charge in [0.1, 0.15) is 0 Å². The van der Waals surface area contributed by atoms with Crippen LogP contribution < -0.4 is 0 Å². The van der Waals surface area contributed by atoms with Crippen LogP contribution in [0.2, 0.25) is 0 Å². The second-order valence-electron chi connectivity index (χ2n) is 10.2. The first-order valence-electron chi connectivity index (χ1n) is 10.8. The number of fused-ring (bicyclic) bond motifs is 5. The Bertz CT molecular complexity index is 892. The fourth-order valence-corrected chi connectivity index (χ4v) is 7.53. The number of esters is 1. The molecule has 0 aromatic rings. The van der Waals surface area contributed by atoms with Crippen molar-refractivity contribution in [2.45, 2.75) is 72.3 Å². The molecule has 2 saturated carbocycles. The van der Waals surface area contributed by atoms with Crippen LogP contribution in [0, 0.1) is 28.6 Å². The van der Waals surface area contributed by atoms with Crippen LogP contribution in [0.4, 0.5) is 0 Å². The molecular weight excluding hydrogens is 364 g/mol. The summed E-state index contributed by atoms with van der Waals surface area (Å²) in [5.74, 6) is 0.642. The van der Waals surface area contributed by atoms with Gasteiger partial charge in [-0.1, -0.05) is 32.1 Å². The van der Waals surface area contributed by atoms with E-state index in [0.29, 0.717) is 30.3 Å². The van der Waals surface area contributed by atoms with Gasteiger partial charge in [0, 0.05) is 17.8 Å². The highest BCUT2D eigenvalue weighted by Crippen LogP contribution is 2.68. The zero-order valence-corrected chi connectivity index (χ0v) is 18.3. The van der Waals surface area contributed by atoms with Crippen molar-refractivity contribution in [3.05, 3.63) is 35.5 Å². The third-order valence-corrected chi connectivity index (χ3v) is 8.84. The van der Waals surface area contributed by atoms with Crippen molar-refractivity contribution in [2.24, 2.45) is 28.6 Å². The lowest BCUT2D eigenvalue weighted by Gasteiger charge is -2.58. The Morgan fingerprint density at radius 2 is 1.79 bits per heavy atom. The summed E-state index contributed by atoms with van der Waals surface area (Å²) in [5, 5.41) is 0. The van der Waals surface area contributed by atoms with Crippen LogP contribution in [0.25, 0.3) is 0 Å². The molecule has 4 rings (SSSR count). The summed E-state index contributed by atoms with van der Waals surface area (Å²) < 4.78 is 5.82. The first-order chi connectivity index (χ1) is 13.5. The predicted molar refractivity (Wildman–Crippen MR) is 111 cm³/mol. The van der Waals surface area contributed by atoms with E-state index in [1.807, 2.05) is 0 Å². The lowest BCUT2D eigenvalue weighted by molar-refractivity contribution is -0.185. The van der Waals surface area contributed by atoms with Crippen LogP contribution in [-0.4, -0.2) is 23.1 Å². The minimum Gasteiger partial charge on any atom is -0.451 e. The lowest BCUT2D eigenvalue weighted by Crippen LogP contribution is -2.58. The predicted octanol–water partition coefficient (Wildman–Crippen LogP) is 4.74. The topological polar surface area (TPSA) is 60.4 Å². The summed E-state index contributed by atoms with van der Waals surface area (Å²) in [6.07, 6.45) is 8.12. The molecule has 0 aliphatic heterocycles. The van der Waals surface area contributed by atoms with Gasteiger partial charge in [-0.2, -0.15) is 0 Å². The highest BCUT2D eigenvalue weighted by molar-refractivity contribution is 6.05. The molecule has 4 aliphatic rings. The monoisotopic (exact) mass is 396 g/mol. The van der Waals surface area contributed by atoms with E-state index >= 15 is 0 Å². The van der Waals surface area contributed by atoms with E-state index in [1.54, 1.807) is 13.0 Å². The first kappa shape index (κ1) is 20.3. The number of rotatable bonds is 2. The van der Waals surface area contributed by atoms with Crippen LogP contribution in [0.15, 0.2) is 35.5 Å². The summed E-state index contributed by atoms with van der Waals surface area (Å²) in [6.45, 7) is 13.6. The van der Waals surface area contributed by atoms with E-state index in [9.17, 15) is 14.4 Å². The average molecular weight is 397 g/mol. The Kier molecular flexibility index (Phi) is 4.39. The summed E-state index contributed by atoms with van der Waals surface area (Å²) in [5.41, 5.74) is 1.56. The van der Waals surface area contributed by atoms with Gasteiger partial charge >= 0.3 is 5.97 Å². The minimum absolute atomic E-state index is 0.0314. The van der Waals surface area contributed by atoms with Crippen LogP contribution in [-0.2, 0) is 19.1 Å². The molecule has 0 spiro atoms. The molecule has 6 atom stereocenters. The summed E-state index contributed by atoms with van der Waals surface area (Å²) in [4.78, 5) is 37.0. The molecule has 0 radical (unpaired) electrons. The van der Waals surface area contributed by atoms with E-state index in [2.05, 4.69) is 33.4 Å². The van der Waals surface area contributed by atoms with Crippen LogP contribution in [0.5, 0.6) is 0 Å². The zero-order valence-electron chi connectivity index (χ0n) is 18.3. The number of carbonyl (C=O) groups excluding carboxylic acids is 3. The molecule has 29 heavy (non-hydrogen) atoms. The Hall–Kier alpha value is -1.97. The second kappa shape index (κ2) is 6.26. The maximum absolute atomic E-state index is 12.8. The van der Waals surface area contributed by atoms with E-state index in [-0.39, 0.29) is 34.3 Å². The average Bonchev–Trinajstić information content (AvgIpc) is 2.91. The van der Waals surface area contributed by atoms with E-state index in [4.69, 9.17) is 4.74 Å². The third-order valence-electron chi connectivity index (χ3n) is 8.84. The molecule has 0 N–H and O–H groups in total. The number of ketones is 2. The molecule has 0 bridgehead atoms. The van der Waals surface area contributed by atoms with Crippen molar-refractivity contribution in [2.75, 3.05) is 0 Å². The lowest BCUT2D eigenvalue weighted by atomic mass is 9.46. The van der Waals surface area contributed by atoms with Crippen LogP contribution in [0.3, 0.4) is 0 Å². The van der Waals surface area contributed by atoms with Gasteiger partial charge in [-0.05, 0) is 80.9 Å². The van der Waals surface area contributed by atoms with Gasteiger partial charge in [-0.3, -0.25) is 14.4 Å². The normalized spacial score (nSPS) is 43.6. The van der Waals surface area contributed by atoms with Gasteiger partial charge in [0.05, 0.1) is 0 Å². The zero-order chi connectivity index (χ0) is 21.4. The first-order valence-corrected chi connectivity index (χ1v) is 10.8. The highest BCUT2D eigenvalue weighted by atomic mass is 16.6. The Morgan fingerprint density at radius 3 is 2.41 bits per heavy atom. The minimum atomic E-state index is -1.01. The molecule has 0 amide bonds. The second-order valence-corrected chi connectivity index (χ2v) is 10.2. The van der Waals surface area contributed by atoms with Crippen molar-refractivity contribution in [1.29, 1.82) is 0 Å². The number of hydrogen-bond acceptors (Lipinski definition) is 4. The third kappa shape index (κ3) is 2.53. The molecule has 4 nitrogen and oxygen atoms in total. The summed E-state index contributed by atoms with van der Waals surface area (Å²) >= 11 is 0. The quantitative estimate of drug-likeness (QED) is 0.500. The largest absolute Gasteiger partial charge is 0.451 e.